The van der Waals surface area contributed by atoms with Gasteiger partial charge in [-0.2, -0.15) is 0 Å². The minimum Gasteiger partial charge on any atom is -0.392 e. The summed E-state index contributed by atoms with van der Waals surface area (Å²) >= 11 is 1.70. The van der Waals surface area contributed by atoms with Crippen molar-refractivity contribution < 1.29 is 9.90 Å². The molecule has 2 aromatic carbocycles. The van der Waals surface area contributed by atoms with E-state index < -0.39 is 6.10 Å². The topological polar surface area (TPSA) is 61.4 Å². The number of amides is 1. The van der Waals surface area contributed by atoms with E-state index in [4.69, 9.17) is 0 Å². The van der Waals surface area contributed by atoms with Crippen LogP contribution in [0.4, 0.5) is 5.69 Å². The van der Waals surface area contributed by atoms with Crippen LogP contribution in [0.3, 0.4) is 0 Å². The predicted molar refractivity (Wildman–Crippen MR) is 102 cm³/mol. The Balaban J connectivity index is 1.57. The summed E-state index contributed by atoms with van der Waals surface area (Å²) in [5.41, 5.74) is 2.11. The highest BCUT2D eigenvalue weighted by Crippen LogP contribution is 2.29. The maximum atomic E-state index is 12.1. The second kappa shape index (κ2) is 8.04. The average molecular weight is 356 g/mol. The number of nitrogens with one attached hydrogen (secondary N) is 2. The molecule has 2 aromatic rings. The third kappa shape index (κ3) is 4.84. The Morgan fingerprint density at radius 2 is 1.72 bits per heavy atom. The lowest BCUT2D eigenvalue weighted by atomic mass is 10.0. The summed E-state index contributed by atoms with van der Waals surface area (Å²) in [6.07, 6.45) is 0.0307. The van der Waals surface area contributed by atoms with Gasteiger partial charge in [-0.3, -0.25) is 4.79 Å². The zero-order valence-electron chi connectivity index (χ0n) is 14.5. The number of carbonyl (C=O) groups is 1. The fourth-order valence-corrected chi connectivity index (χ4v) is 3.63. The van der Waals surface area contributed by atoms with Crippen LogP contribution in [0.1, 0.15) is 31.7 Å². The molecule has 1 heterocycles. The molecule has 2 atom stereocenters. The number of carbonyl (C=O) groups excluding carboxylic acids is 1. The molecule has 5 heteroatoms. The zero-order chi connectivity index (χ0) is 17.8. The highest BCUT2D eigenvalue weighted by molar-refractivity contribution is 7.99. The average Bonchev–Trinajstić information content (AvgIpc) is 3.04. The molecule has 0 spiro atoms. The van der Waals surface area contributed by atoms with Crippen molar-refractivity contribution in [1.82, 2.24) is 5.32 Å². The molecule has 3 rings (SSSR count). The summed E-state index contributed by atoms with van der Waals surface area (Å²) in [6.45, 7) is 4.86. The molecular formula is C20H24N2O2S. The van der Waals surface area contributed by atoms with E-state index in [-0.39, 0.29) is 11.9 Å². The Bertz CT molecular complexity index is 713. The van der Waals surface area contributed by atoms with Gasteiger partial charge in [-0.1, -0.05) is 37.7 Å². The SMILES string of the molecule is CC(C)c1ccc(Sc2ccc(NC(=O)C3CC(O)CN3)cc2)cc1. The van der Waals surface area contributed by atoms with E-state index in [0.29, 0.717) is 18.9 Å². The van der Waals surface area contributed by atoms with E-state index >= 15 is 0 Å². The third-order valence-corrected chi connectivity index (χ3v) is 5.34. The van der Waals surface area contributed by atoms with Crippen molar-refractivity contribution in [2.24, 2.45) is 0 Å². The number of hydrogen-bond acceptors (Lipinski definition) is 4. The van der Waals surface area contributed by atoms with Gasteiger partial charge in [0.2, 0.25) is 5.91 Å². The molecule has 1 fully saturated rings. The van der Waals surface area contributed by atoms with Crippen LogP contribution in [-0.4, -0.2) is 29.7 Å². The Morgan fingerprint density at radius 1 is 1.12 bits per heavy atom. The van der Waals surface area contributed by atoms with Crippen molar-refractivity contribution in [2.45, 2.75) is 48.1 Å². The molecule has 4 nitrogen and oxygen atoms in total. The molecule has 1 amide bonds. The van der Waals surface area contributed by atoms with Gasteiger partial charge < -0.3 is 15.7 Å². The molecule has 0 aromatic heterocycles. The molecule has 25 heavy (non-hydrogen) atoms. The monoisotopic (exact) mass is 356 g/mol. The third-order valence-electron chi connectivity index (χ3n) is 4.33. The van der Waals surface area contributed by atoms with Crippen LogP contribution in [0.25, 0.3) is 0 Å². The van der Waals surface area contributed by atoms with Gasteiger partial charge in [0.05, 0.1) is 12.1 Å². The summed E-state index contributed by atoms with van der Waals surface area (Å²) in [5, 5.41) is 15.4. The number of aliphatic hydroxyl groups is 1. The maximum absolute atomic E-state index is 12.1. The predicted octanol–water partition coefficient (Wildman–Crippen LogP) is 3.62. The first-order valence-corrected chi connectivity index (χ1v) is 9.43. The Morgan fingerprint density at radius 3 is 2.24 bits per heavy atom. The van der Waals surface area contributed by atoms with Gasteiger partial charge in [0.15, 0.2) is 0 Å². The van der Waals surface area contributed by atoms with Crippen molar-refractivity contribution in [3.8, 4) is 0 Å². The summed E-state index contributed by atoms with van der Waals surface area (Å²) in [6, 6.07) is 16.2. The van der Waals surface area contributed by atoms with Crippen LogP contribution in [0, 0.1) is 0 Å². The molecule has 1 aliphatic heterocycles. The van der Waals surface area contributed by atoms with Gasteiger partial charge in [-0.15, -0.1) is 0 Å². The van der Waals surface area contributed by atoms with Crippen LogP contribution >= 0.6 is 11.8 Å². The van der Waals surface area contributed by atoms with Crippen LogP contribution in [0.2, 0.25) is 0 Å². The first-order valence-electron chi connectivity index (χ1n) is 8.61. The smallest absolute Gasteiger partial charge is 0.241 e. The molecule has 0 aliphatic carbocycles. The van der Waals surface area contributed by atoms with Crippen LogP contribution < -0.4 is 10.6 Å². The van der Waals surface area contributed by atoms with E-state index in [1.165, 1.54) is 10.5 Å². The van der Waals surface area contributed by atoms with Crippen molar-refractivity contribution in [3.63, 3.8) is 0 Å². The Labute approximate surface area is 153 Å². The Hall–Kier alpha value is -1.82. The number of aliphatic hydroxyl groups excluding tert-OH is 1. The van der Waals surface area contributed by atoms with Crippen molar-refractivity contribution in [1.29, 1.82) is 0 Å². The van der Waals surface area contributed by atoms with Crippen LogP contribution in [0.15, 0.2) is 58.3 Å². The van der Waals surface area contributed by atoms with E-state index in [1.54, 1.807) is 11.8 Å². The van der Waals surface area contributed by atoms with Crippen LogP contribution in [0.5, 0.6) is 0 Å². The highest BCUT2D eigenvalue weighted by atomic mass is 32.2. The minimum absolute atomic E-state index is 0.0961. The number of anilines is 1. The number of benzene rings is 2. The molecule has 132 valence electrons. The quantitative estimate of drug-likeness (QED) is 0.766. The molecule has 0 saturated carbocycles. The van der Waals surface area contributed by atoms with Gasteiger partial charge in [-0.25, -0.2) is 0 Å². The summed E-state index contributed by atoms with van der Waals surface area (Å²) < 4.78 is 0. The van der Waals surface area contributed by atoms with Crippen molar-refractivity contribution in [2.75, 3.05) is 11.9 Å². The standard InChI is InChI=1S/C20H24N2O2S/c1-13(2)14-3-7-17(8-4-14)25-18-9-5-15(6-10-18)22-20(24)19-11-16(23)12-21-19/h3-10,13,16,19,21,23H,11-12H2,1-2H3,(H,22,24). The van der Waals surface area contributed by atoms with E-state index in [2.05, 4.69) is 48.7 Å². The first-order chi connectivity index (χ1) is 12.0. The summed E-state index contributed by atoms with van der Waals surface area (Å²) in [7, 11) is 0. The van der Waals surface area contributed by atoms with Crippen molar-refractivity contribution in [3.05, 3.63) is 54.1 Å². The lowest BCUT2D eigenvalue weighted by molar-refractivity contribution is -0.117. The first kappa shape index (κ1) is 18.0. The van der Waals surface area contributed by atoms with Crippen LogP contribution in [-0.2, 0) is 4.79 Å². The fourth-order valence-electron chi connectivity index (χ4n) is 2.81. The lowest BCUT2D eigenvalue weighted by Gasteiger charge is -2.11. The molecule has 1 saturated heterocycles. The highest BCUT2D eigenvalue weighted by Gasteiger charge is 2.27. The largest absolute Gasteiger partial charge is 0.392 e. The second-order valence-corrected chi connectivity index (χ2v) is 7.84. The molecule has 3 N–H and O–H groups in total. The van der Waals surface area contributed by atoms with E-state index in [9.17, 15) is 9.90 Å². The Kier molecular flexibility index (Phi) is 5.78. The molecular weight excluding hydrogens is 332 g/mol. The minimum atomic E-state index is -0.434. The van der Waals surface area contributed by atoms with Gasteiger partial charge in [0.1, 0.15) is 0 Å². The lowest BCUT2D eigenvalue weighted by Crippen LogP contribution is -2.35. The zero-order valence-corrected chi connectivity index (χ0v) is 15.3. The van der Waals surface area contributed by atoms with Gasteiger partial charge in [0.25, 0.3) is 0 Å². The molecule has 0 radical (unpaired) electrons. The molecule has 0 bridgehead atoms. The van der Waals surface area contributed by atoms with E-state index in [0.717, 1.165) is 10.6 Å². The summed E-state index contributed by atoms with van der Waals surface area (Å²) in [5.74, 6) is 0.443. The van der Waals surface area contributed by atoms with Gasteiger partial charge in [0, 0.05) is 22.0 Å². The number of rotatable bonds is 5. The number of β-amino-alcohol motifs (C(OH)–C–C–N with tert-alkyl or cyclic N) is 1. The molecule has 1 aliphatic rings. The van der Waals surface area contributed by atoms with Gasteiger partial charge in [-0.05, 0) is 54.3 Å². The molecule has 2 unspecified atom stereocenters. The normalized spacial score (nSPS) is 20.0. The van der Waals surface area contributed by atoms with Crippen molar-refractivity contribution >= 4 is 23.4 Å². The van der Waals surface area contributed by atoms with Gasteiger partial charge >= 0.3 is 0 Å². The second-order valence-electron chi connectivity index (χ2n) is 6.69. The maximum Gasteiger partial charge on any atom is 0.241 e. The van der Waals surface area contributed by atoms with E-state index in [1.807, 2.05) is 24.3 Å². The number of hydrogen-bond donors (Lipinski definition) is 3. The summed E-state index contributed by atoms with van der Waals surface area (Å²) in [4.78, 5) is 14.5. The fraction of sp³-hybridized carbons (Fsp3) is 0.350.